The van der Waals surface area contributed by atoms with Crippen molar-refractivity contribution in [2.45, 2.75) is 62.7 Å². The number of aromatic amines is 2. The van der Waals surface area contributed by atoms with Crippen molar-refractivity contribution in [2.75, 3.05) is 0 Å². The van der Waals surface area contributed by atoms with Crippen LogP contribution in [0.3, 0.4) is 0 Å². The first-order chi connectivity index (χ1) is 18.4. The summed E-state index contributed by atoms with van der Waals surface area (Å²) in [7, 11) is -4.95. The highest BCUT2D eigenvalue weighted by molar-refractivity contribution is 7.46. The van der Waals surface area contributed by atoms with Gasteiger partial charge in [0.2, 0.25) is 0 Å². The van der Waals surface area contributed by atoms with Gasteiger partial charge in [0, 0.05) is 24.7 Å². The van der Waals surface area contributed by atoms with Gasteiger partial charge in [-0.1, -0.05) is 48.5 Å². The molecule has 0 radical (unpaired) electrons. The second kappa shape index (κ2) is 11.5. The molecule has 0 saturated carbocycles. The van der Waals surface area contributed by atoms with Gasteiger partial charge in [0.15, 0.2) is 0 Å². The van der Waals surface area contributed by atoms with Crippen molar-refractivity contribution in [3.8, 4) is 0 Å². The van der Waals surface area contributed by atoms with Crippen molar-refractivity contribution >= 4 is 7.82 Å². The number of nitrogens with one attached hydrogen (secondary N) is 2. The Hall–Kier alpha value is -3.23. The van der Waals surface area contributed by atoms with Crippen LogP contribution in [0.2, 0.25) is 0 Å². The van der Waals surface area contributed by atoms with Gasteiger partial charge in [-0.2, -0.15) is 0 Å². The minimum absolute atomic E-state index is 0.0382. The number of nitrogens with zero attached hydrogens (tertiary/aromatic N) is 3. The van der Waals surface area contributed by atoms with E-state index in [-0.39, 0.29) is 30.5 Å². The number of benzene rings is 1. The number of phosphoric acid groups is 1. The number of aliphatic hydroxyl groups is 2. The minimum Gasteiger partial charge on any atom is -0.388 e. The van der Waals surface area contributed by atoms with Gasteiger partial charge in [-0.05, 0) is 12.0 Å². The summed E-state index contributed by atoms with van der Waals surface area (Å²) in [4.78, 5) is 48.4. The van der Waals surface area contributed by atoms with E-state index in [9.17, 15) is 34.2 Å². The lowest BCUT2D eigenvalue weighted by molar-refractivity contribution is -0.0416. The summed E-state index contributed by atoms with van der Waals surface area (Å²) in [5.41, 5.74) is -1.82. The van der Waals surface area contributed by atoms with Crippen molar-refractivity contribution in [1.82, 2.24) is 25.0 Å². The number of hydrogen-bond acceptors (Lipinski definition) is 9. The third-order valence-corrected chi connectivity index (χ3v) is 7.26. The molecule has 0 bridgehead atoms. The summed E-state index contributed by atoms with van der Waals surface area (Å²) >= 11 is 0. The smallest absolute Gasteiger partial charge is 0.388 e. The number of phosphoric ester groups is 1. The van der Waals surface area contributed by atoms with E-state index in [1.54, 1.807) is 17.8 Å². The summed E-state index contributed by atoms with van der Waals surface area (Å²) in [5, 5.41) is 29.8. The van der Waals surface area contributed by atoms with Gasteiger partial charge < -0.3 is 29.7 Å². The van der Waals surface area contributed by atoms with Gasteiger partial charge in [-0.3, -0.25) is 14.3 Å². The number of rotatable bonds is 11. The molecule has 4 rings (SSSR count). The largest absolute Gasteiger partial charge is 0.470 e. The lowest BCUT2D eigenvalue weighted by Crippen LogP contribution is -2.39. The molecule has 1 saturated heterocycles. The van der Waals surface area contributed by atoms with Crippen molar-refractivity contribution < 1.29 is 33.8 Å². The molecule has 1 aliphatic rings. The zero-order valence-electron chi connectivity index (χ0n) is 21.0. The van der Waals surface area contributed by atoms with E-state index < -0.39 is 49.1 Å². The SMILES string of the molecule is C=CC(CC)(C[C@H]1O[C@@H](c2c(Cc3cn(Cc4ccccc4)nn3)[nH]c(=O)[nH]c2=O)C(O)C1O)OP(=O)(O)O. The number of aliphatic hydroxyl groups excluding tert-OH is 2. The predicted octanol–water partition coefficient (Wildman–Crippen LogP) is 0.290. The lowest BCUT2D eigenvalue weighted by Gasteiger charge is -2.32. The average Bonchev–Trinajstić information content (AvgIpc) is 3.42. The molecule has 3 aromatic rings. The van der Waals surface area contributed by atoms with Crippen LogP contribution >= 0.6 is 7.82 Å². The van der Waals surface area contributed by atoms with Crippen LogP contribution in [0.4, 0.5) is 0 Å². The molecular formula is C24H30N5O9P. The van der Waals surface area contributed by atoms with Gasteiger partial charge >= 0.3 is 13.5 Å². The molecule has 0 aliphatic carbocycles. The van der Waals surface area contributed by atoms with Crippen LogP contribution in [-0.2, 0) is 26.8 Å². The molecule has 15 heteroatoms. The van der Waals surface area contributed by atoms with Gasteiger partial charge in [-0.15, -0.1) is 11.7 Å². The van der Waals surface area contributed by atoms with Crippen molar-refractivity contribution in [3.63, 3.8) is 0 Å². The van der Waals surface area contributed by atoms with Crippen LogP contribution in [0, 0.1) is 0 Å². The summed E-state index contributed by atoms with van der Waals surface area (Å²) in [5.74, 6) is 0. The molecule has 0 amide bonds. The van der Waals surface area contributed by atoms with Crippen LogP contribution in [0.15, 0.2) is 58.8 Å². The number of hydrogen-bond donors (Lipinski definition) is 6. The average molecular weight is 564 g/mol. The van der Waals surface area contributed by atoms with E-state index in [1.807, 2.05) is 30.3 Å². The van der Waals surface area contributed by atoms with Crippen LogP contribution in [0.25, 0.3) is 0 Å². The first-order valence-electron chi connectivity index (χ1n) is 12.1. The van der Waals surface area contributed by atoms with Crippen molar-refractivity contribution in [3.05, 3.63) is 92.5 Å². The van der Waals surface area contributed by atoms with E-state index in [1.165, 1.54) is 6.08 Å². The molecule has 2 aromatic heterocycles. The Bertz CT molecular complexity index is 1470. The summed E-state index contributed by atoms with van der Waals surface area (Å²) in [6.45, 7) is 5.63. The quantitative estimate of drug-likeness (QED) is 0.138. The highest BCUT2D eigenvalue weighted by Crippen LogP contribution is 2.47. The Morgan fingerprint density at radius 3 is 2.56 bits per heavy atom. The van der Waals surface area contributed by atoms with Gasteiger partial charge in [0.25, 0.3) is 5.56 Å². The molecule has 1 fully saturated rings. The maximum Gasteiger partial charge on any atom is 0.470 e. The Balaban J connectivity index is 1.60. The van der Waals surface area contributed by atoms with Gasteiger partial charge in [0.1, 0.15) is 23.9 Å². The van der Waals surface area contributed by atoms with Gasteiger partial charge in [-0.25, -0.2) is 14.0 Å². The Labute approximate surface area is 222 Å². The van der Waals surface area contributed by atoms with E-state index in [2.05, 4.69) is 26.9 Å². The molecule has 14 nitrogen and oxygen atoms in total. The number of aromatic nitrogens is 5. The first kappa shape index (κ1) is 28.8. The molecular weight excluding hydrogens is 533 g/mol. The first-order valence-corrected chi connectivity index (χ1v) is 13.7. The van der Waals surface area contributed by atoms with E-state index in [4.69, 9.17) is 9.26 Å². The van der Waals surface area contributed by atoms with Crippen LogP contribution in [-0.4, -0.2) is 68.9 Å². The molecule has 210 valence electrons. The molecule has 39 heavy (non-hydrogen) atoms. The van der Waals surface area contributed by atoms with Crippen molar-refractivity contribution in [1.29, 1.82) is 0 Å². The number of H-pyrrole nitrogens is 2. The topological polar surface area (TPSA) is 213 Å². The van der Waals surface area contributed by atoms with Crippen LogP contribution in [0.1, 0.15) is 48.4 Å². The normalized spacial score (nSPS) is 23.0. The summed E-state index contributed by atoms with van der Waals surface area (Å²) in [6, 6.07) is 9.55. The monoisotopic (exact) mass is 563 g/mol. The fourth-order valence-corrected chi connectivity index (χ4v) is 5.43. The third-order valence-electron chi connectivity index (χ3n) is 6.66. The predicted molar refractivity (Wildman–Crippen MR) is 137 cm³/mol. The van der Waals surface area contributed by atoms with Crippen LogP contribution < -0.4 is 11.2 Å². The highest BCUT2D eigenvalue weighted by Gasteiger charge is 2.49. The molecule has 3 unspecified atom stereocenters. The molecule has 3 heterocycles. The highest BCUT2D eigenvalue weighted by atomic mass is 31.2. The summed E-state index contributed by atoms with van der Waals surface area (Å²) < 4.78 is 23.9. The zero-order valence-corrected chi connectivity index (χ0v) is 21.9. The van der Waals surface area contributed by atoms with Gasteiger partial charge in [0.05, 0.1) is 23.9 Å². The second-order valence-electron chi connectivity index (χ2n) is 9.36. The molecule has 1 aromatic carbocycles. The van der Waals surface area contributed by atoms with Crippen LogP contribution in [0.5, 0.6) is 0 Å². The fraction of sp³-hybridized carbons (Fsp3) is 0.417. The molecule has 5 atom stereocenters. The third kappa shape index (κ3) is 6.68. The van der Waals surface area contributed by atoms with E-state index in [0.717, 1.165) is 5.56 Å². The second-order valence-corrected chi connectivity index (χ2v) is 10.5. The maximum atomic E-state index is 12.9. The lowest BCUT2D eigenvalue weighted by atomic mass is 9.90. The molecule has 1 aliphatic heterocycles. The van der Waals surface area contributed by atoms with E-state index >= 15 is 0 Å². The van der Waals surface area contributed by atoms with Crippen molar-refractivity contribution in [2.24, 2.45) is 0 Å². The molecule has 0 spiro atoms. The minimum atomic E-state index is -4.95. The zero-order chi connectivity index (χ0) is 28.4. The van der Waals surface area contributed by atoms with E-state index in [0.29, 0.717) is 12.2 Å². The maximum absolute atomic E-state index is 12.9. The standard InChI is InChI=1S/C24H30N5O9P/c1-3-24(4-2,38-39(34,35)36)11-17-19(30)20(31)21(37-17)18-16(25-23(33)26-22(18)32)10-15-13-29(28-27-15)12-14-8-6-5-7-9-14/h3,5-9,13,17,19-21,30-31H,1,4,10-12H2,2H3,(H2,34,35,36)(H2,25,26,32,33)/t17-,19?,20?,21+,24?/m1/s1. The summed E-state index contributed by atoms with van der Waals surface area (Å²) in [6.07, 6.45) is -3.14. The fourth-order valence-electron chi connectivity index (χ4n) is 4.68. The number of ether oxygens (including phenoxy) is 1. The Morgan fingerprint density at radius 1 is 1.21 bits per heavy atom. The molecule has 6 N–H and O–H groups in total. The Morgan fingerprint density at radius 2 is 1.92 bits per heavy atom. The Kier molecular flexibility index (Phi) is 8.47.